The van der Waals surface area contributed by atoms with Crippen LogP contribution in [0.1, 0.15) is 41.0 Å². The molecule has 0 fully saturated rings. The van der Waals surface area contributed by atoms with Crippen molar-refractivity contribution >= 4 is 21.9 Å². The molecule has 0 spiro atoms. The van der Waals surface area contributed by atoms with E-state index in [1.807, 2.05) is 4.83 Å². The maximum Gasteiger partial charge on any atom is 0.337 e. The van der Waals surface area contributed by atoms with Crippen LogP contribution in [0, 0.1) is 5.92 Å². The van der Waals surface area contributed by atoms with Crippen molar-refractivity contribution in [3.63, 3.8) is 0 Å². The minimum atomic E-state index is -4.12. The van der Waals surface area contributed by atoms with Gasteiger partial charge in [0.05, 0.1) is 31.3 Å². The molecule has 0 unspecified atom stereocenters. The van der Waals surface area contributed by atoms with Crippen LogP contribution < -0.4 is 19.7 Å². The fourth-order valence-electron chi connectivity index (χ4n) is 2.49. The number of methoxy groups -OCH3 is 2. The molecule has 0 heterocycles. The van der Waals surface area contributed by atoms with Gasteiger partial charge in [-0.3, -0.25) is 10.2 Å². The lowest BCUT2D eigenvalue weighted by molar-refractivity contribution is 0.0600. The van der Waals surface area contributed by atoms with Crippen molar-refractivity contribution in [1.82, 2.24) is 10.3 Å². The van der Waals surface area contributed by atoms with Gasteiger partial charge in [-0.15, -0.1) is 4.83 Å². The number of sulfonamides is 1. The summed E-state index contributed by atoms with van der Waals surface area (Å²) in [6.07, 6.45) is 0.865. The molecule has 0 aromatic heterocycles. The predicted octanol–water partition coefficient (Wildman–Crippen LogP) is 2.53. The Bertz CT molecular complexity index is 1040. The zero-order chi connectivity index (χ0) is 23.0. The summed E-state index contributed by atoms with van der Waals surface area (Å²) in [5.74, 6) is -0.0501. The van der Waals surface area contributed by atoms with Gasteiger partial charge >= 0.3 is 5.97 Å². The van der Waals surface area contributed by atoms with E-state index in [0.717, 1.165) is 12.5 Å². The molecule has 0 aliphatic carbocycles. The predicted molar refractivity (Wildman–Crippen MR) is 114 cm³/mol. The summed E-state index contributed by atoms with van der Waals surface area (Å²) in [6.45, 7) is 4.67. The molecule has 0 atom stereocenters. The van der Waals surface area contributed by atoms with Crippen molar-refractivity contribution in [3.05, 3.63) is 53.6 Å². The highest BCUT2D eigenvalue weighted by atomic mass is 32.2. The summed E-state index contributed by atoms with van der Waals surface area (Å²) < 4.78 is 40.4. The Balaban J connectivity index is 2.08. The van der Waals surface area contributed by atoms with Crippen molar-refractivity contribution in [2.45, 2.75) is 25.2 Å². The summed E-state index contributed by atoms with van der Waals surface area (Å²) in [5.41, 5.74) is 2.37. The normalized spacial score (nSPS) is 11.1. The minimum absolute atomic E-state index is 0.0643. The first-order valence-electron chi connectivity index (χ1n) is 9.49. The van der Waals surface area contributed by atoms with E-state index in [-0.39, 0.29) is 16.0 Å². The lowest BCUT2D eigenvalue weighted by Crippen LogP contribution is -2.41. The average molecular weight is 451 g/mol. The molecule has 2 aromatic carbocycles. The molecule has 0 saturated carbocycles. The van der Waals surface area contributed by atoms with Gasteiger partial charge in [0.25, 0.3) is 15.9 Å². The summed E-state index contributed by atoms with van der Waals surface area (Å²) >= 11 is 0. The molecule has 1 amide bonds. The van der Waals surface area contributed by atoms with Crippen LogP contribution in [0.3, 0.4) is 0 Å². The van der Waals surface area contributed by atoms with E-state index in [4.69, 9.17) is 9.47 Å². The molecule has 0 aliphatic rings. The fourth-order valence-corrected chi connectivity index (χ4v) is 3.37. The summed E-state index contributed by atoms with van der Waals surface area (Å²) in [5, 5.41) is 0. The Morgan fingerprint density at radius 3 is 2.39 bits per heavy atom. The van der Waals surface area contributed by atoms with Crippen LogP contribution in [0.5, 0.6) is 11.5 Å². The highest BCUT2D eigenvalue weighted by Gasteiger charge is 2.19. The van der Waals surface area contributed by atoms with Gasteiger partial charge in [0.15, 0.2) is 11.5 Å². The van der Waals surface area contributed by atoms with Crippen LogP contribution in [-0.4, -0.2) is 41.1 Å². The lowest BCUT2D eigenvalue weighted by Gasteiger charge is -2.13. The third kappa shape index (κ3) is 6.69. The van der Waals surface area contributed by atoms with Gasteiger partial charge in [0.1, 0.15) is 0 Å². The van der Waals surface area contributed by atoms with Crippen molar-refractivity contribution in [1.29, 1.82) is 0 Å². The highest BCUT2D eigenvalue weighted by molar-refractivity contribution is 7.89. The number of carbonyl (C=O) groups is 2. The minimum Gasteiger partial charge on any atom is -0.493 e. The zero-order valence-electron chi connectivity index (χ0n) is 17.8. The Labute approximate surface area is 181 Å². The summed E-state index contributed by atoms with van der Waals surface area (Å²) in [4.78, 5) is 25.8. The van der Waals surface area contributed by atoms with Crippen LogP contribution in [0.15, 0.2) is 47.4 Å². The van der Waals surface area contributed by atoms with Crippen LogP contribution in [-0.2, 0) is 14.8 Å². The average Bonchev–Trinajstić information content (AvgIpc) is 2.76. The van der Waals surface area contributed by atoms with Crippen LogP contribution >= 0.6 is 0 Å². The molecule has 31 heavy (non-hydrogen) atoms. The second kappa shape index (κ2) is 10.8. The number of nitrogens with one attached hydrogen (secondary N) is 2. The molecule has 2 N–H and O–H groups in total. The first kappa shape index (κ1) is 24.2. The fraction of sp³-hybridized carbons (Fsp3) is 0.333. The van der Waals surface area contributed by atoms with E-state index in [9.17, 15) is 18.0 Å². The van der Waals surface area contributed by atoms with Gasteiger partial charge in [-0.25, -0.2) is 13.2 Å². The first-order chi connectivity index (χ1) is 14.7. The molecule has 168 valence electrons. The van der Waals surface area contributed by atoms with Gasteiger partial charge < -0.3 is 14.2 Å². The topological polar surface area (TPSA) is 120 Å². The van der Waals surface area contributed by atoms with E-state index in [0.29, 0.717) is 24.0 Å². The van der Waals surface area contributed by atoms with Crippen LogP contribution in [0.2, 0.25) is 0 Å². The number of rotatable bonds is 10. The van der Waals surface area contributed by atoms with Crippen molar-refractivity contribution in [3.8, 4) is 11.5 Å². The Hall–Kier alpha value is -3.11. The van der Waals surface area contributed by atoms with Crippen LogP contribution in [0.25, 0.3) is 0 Å². The van der Waals surface area contributed by atoms with Crippen molar-refractivity contribution in [2.75, 3.05) is 20.8 Å². The first-order valence-corrected chi connectivity index (χ1v) is 11.0. The van der Waals surface area contributed by atoms with E-state index < -0.39 is 21.9 Å². The molecule has 10 heteroatoms. The van der Waals surface area contributed by atoms with Crippen molar-refractivity contribution < 1.29 is 32.2 Å². The molecular weight excluding hydrogens is 424 g/mol. The van der Waals surface area contributed by atoms with Gasteiger partial charge in [-0.1, -0.05) is 19.9 Å². The Morgan fingerprint density at radius 1 is 1.00 bits per heavy atom. The maximum atomic E-state index is 12.5. The molecular formula is C21H26N2O7S. The number of esters is 1. The molecule has 0 saturated heterocycles. The molecule has 9 nitrogen and oxygen atoms in total. The monoisotopic (exact) mass is 450 g/mol. The van der Waals surface area contributed by atoms with E-state index in [2.05, 4.69) is 24.0 Å². The third-order valence-corrected chi connectivity index (χ3v) is 5.49. The number of amides is 1. The second-order valence-corrected chi connectivity index (χ2v) is 8.66. The number of hydrogen-bond acceptors (Lipinski definition) is 7. The zero-order valence-corrected chi connectivity index (χ0v) is 18.6. The summed E-state index contributed by atoms with van der Waals surface area (Å²) in [6, 6.07) is 9.77. The standard InChI is InChI=1S/C21H26N2O7S/c1-14(2)10-11-30-18-9-8-15(13-19(18)28-3)20(24)22-23-31(26,27)17-7-5-6-16(12-17)21(25)29-4/h5-9,12-14,23H,10-11H2,1-4H3,(H,22,24). The number of carbonyl (C=O) groups excluding carboxylic acids is 2. The molecule has 0 radical (unpaired) electrons. The summed E-state index contributed by atoms with van der Waals surface area (Å²) in [7, 11) is -1.48. The number of ether oxygens (including phenoxy) is 3. The van der Waals surface area contributed by atoms with Gasteiger partial charge in [-0.05, 0) is 48.7 Å². The molecule has 2 aromatic rings. The van der Waals surface area contributed by atoms with Crippen molar-refractivity contribution in [2.24, 2.45) is 5.92 Å². The smallest absolute Gasteiger partial charge is 0.337 e. The van der Waals surface area contributed by atoms with Gasteiger partial charge in [0.2, 0.25) is 0 Å². The molecule has 0 bridgehead atoms. The SMILES string of the molecule is COC(=O)c1cccc(S(=O)(=O)NNC(=O)c2ccc(OCCC(C)C)c(OC)c2)c1. The van der Waals surface area contributed by atoms with E-state index in [1.165, 1.54) is 44.6 Å². The van der Waals surface area contributed by atoms with E-state index >= 15 is 0 Å². The lowest BCUT2D eigenvalue weighted by atomic mass is 10.1. The molecule has 0 aliphatic heterocycles. The molecule has 2 rings (SSSR count). The van der Waals surface area contributed by atoms with E-state index in [1.54, 1.807) is 6.07 Å². The quantitative estimate of drug-likeness (QED) is 0.422. The van der Waals surface area contributed by atoms with Crippen LogP contribution in [0.4, 0.5) is 0 Å². The van der Waals surface area contributed by atoms with Gasteiger partial charge in [0, 0.05) is 5.56 Å². The maximum absolute atomic E-state index is 12.5. The van der Waals surface area contributed by atoms with Gasteiger partial charge in [-0.2, -0.15) is 0 Å². The second-order valence-electron chi connectivity index (χ2n) is 6.98. The largest absolute Gasteiger partial charge is 0.493 e. The number of benzene rings is 2. The Kier molecular flexibility index (Phi) is 8.40. The number of hydrogen-bond donors (Lipinski definition) is 2. The Morgan fingerprint density at radius 2 is 1.74 bits per heavy atom. The third-order valence-electron chi connectivity index (χ3n) is 4.24. The number of hydrazine groups is 1. The highest BCUT2D eigenvalue weighted by Crippen LogP contribution is 2.28.